The van der Waals surface area contributed by atoms with Gasteiger partial charge in [-0.15, -0.1) is 11.8 Å². The number of thioether (sulfide) groups is 1. The molecule has 0 unspecified atom stereocenters. The van der Waals surface area contributed by atoms with Crippen molar-refractivity contribution in [3.05, 3.63) is 53.6 Å². The average molecular weight is 504 g/mol. The molecule has 182 valence electrons. The van der Waals surface area contributed by atoms with E-state index in [1.165, 1.54) is 23.9 Å². The van der Waals surface area contributed by atoms with Crippen LogP contribution in [0.3, 0.4) is 0 Å². The highest BCUT2D eigenvalue weighted by Crippen LogP contribution is 2.28. The highest BCUT2D eigenvalue weighted by atomic mass is 32.2. The zero-order valence-electron chi connectivity index (χ0n) is 19.1. The number of anilines is 1. The lowest BCUT2D eigenvalue weighted by Crippen LogP contribution is -2.32. The van der Waals surface area contributed by atoms with Crippen LogP contribution in [0.25, 0.3) is 0 Å². The highest BCUT2D eigenvalue weighted by Gasteiger charge is 2.25. The van der Waals surface area contributed by atoms with Crippen LogP contribution in [0.15, 0.2) is 52.3 Å². The molecular weight excluding hydrogens is 474 g/mol. The van der Waals surface area contributed by atoms with Crippen LogP contribution in [0.5, 0.6) is 0 Å². The lowest BCUT2D eigenvalue weighted by Gasteiger charge is -2.18. The number of nitrogens with one attached hydrogen (secondary N) is 2. The lowest BCUT2D eigenvalue weighted by molar-refractivity contribution is 0.0788. The summed E-state index contributed by atoms with van der Waals surface area (Å²) in [4.78, 5) is 28.2. The van der Waals surface area contributed by atoms with Crippen molar-refractivity contribution in [1.29, 1.82) is 0 Å². The fraction of sp³-hybridized carbons (Fsp3) is 0.417. The monoisotopic (exact) mass is 503 g/mol. The Labute approximate surface area is 204 Å². The smallest absolute Gasteiger partial charge is 0.261 e. The summed E-state index contributed by atoms with van der Waals surface area (Å²) in [5.74, 6) is -0.538. The van der Waals surface area contributed by atoms with Gasteiger partial charge >= 0.3 is 0 Å². The summed E-state index contributed by atoms with van der Waals surface area (Å²) in [6, 6.07) is 11.0. The molecule has 2 heterocycles. The number of likely N-dealkylation sites (tertiary alicyclic amines) is 1. The number of ether oxygens (including phenoxy) is 1. The third-order valence-electron chi connectivity index (χ3n) is 6.04. The first-order chi connectivity index (χ1) is 16.4. The molecule has 0 spiro atoms. The molecule has 2 aromatic carbocycles. The van der Waals surface area contributed by atoms with Crippen LogP contribution in [0, 0.1) is 0 Å². The van der Waals surface area contributed by atoms with E-state index >= 15 is 0 Å². The van der Waals surface area contributed by atoms with Gasteiger partial charge in [-0.2, -0.15) is 0 Å². The highest BCUT2D eigenvalue weighted by molar-refractivity contribution is 7.98. The zero-order chi connectivity index (χ0) is 24.1. The summed E-state index contributed by atoms with van der Waals surface area (Å²) in [7, 11) is -4.04. The van der Waals surface area contributed by atoms with Gasteiger partial charge in [-0.25, -0.2) is 8.42 Å². The van der Waals surface area contributed by atoms with Crippen molar-refractivity contribution < 1.29 is 22.7 Å². The van der Waals surface area contributed by atoms with Crippen molar-refractivity contribution in [1.82, 2.24) is 10.2 Å². The summed E-state index contributed by atoms with van der Waals surface area (Å²) >= 11 is 1.40. The van der Waals surface area contributed by atoms with E-state index in [1.807, 2.05) is 6.26 Å². The predicted octanol–water partition coefficient (Wildman–Crippen LogP) is 3.35. The molecule has 2 saturated heterocycles. The maximum absolute atomic E-state index is 13.2. The Morgan fingerprint density at radius 3 is 2.56 bits per heavy atom. The van der Waals surface area contributed by atoms with Gasteiger partial charge in [-0.1, -0.05) is 12.1 Å². The van der Waals surface area contributed by atoms with Crippen LogP contribution >= 0.6 is 11.8 Å². The van der Waals surface area contributed by atoms with Crippen LogP contribution in [-0.4, -0.2) is 63.7 Å². The van der Waals surface area contributed by atoms with Gasteiger partial charge in [0.05, 0.1) is 27.8 Å². The Morgan fingerprint density at radius 2 is 1.85 bits per heavy atom. The first-order valence-corrected chi connectivity index (χ1v) is 14.1. The summed E-state index contributed by atoms with van der Waals surface area (Å²) < 4.78 is 34.6. The van der Waals surface area contributed by atoms with E-state index in [9.17, 15) is 18.0 Å². The summed E-state index contributed by atoms with van der Waals surface area (Å²) in [6.07, 6.45) is 5.59. The number of nitrogens with zero attached hydrogens (tertiary/aromatic N) is 1. The molecule has 0 bridgehead atoms. The first kappa shape index (κ1) is 24.6. The van der Waals surface area contributed by atoms with Gasteiger partial charge in [-0.3, -0.25) is 14.3 Å². The van der Waals surface area contributed by atoms with Gasteiger partial charge in [0.15, 0.2) is 0 Å². The standard InChI is InChI=1S/C24H29N3O5S2/c1-33-22-11-10-18(15-20(22)24(29)27-12-4-5-13-27)34(30,31)26-21-9-3-2-8-19(21)23(28)25-16-17-7-6-14-32-17/h2-3,8-11,15,17,26H,4-7,12-14,16H2,1H3,(H,25,28)/t17-/m1/s1. The Kier molecular flexibility index (Phi) is 7.80. The van der Waals surface area contributed by atoms with Crippen LogP contribution in [0.2, 0.25) is 0 Å². The normalized spacial score (nSPS) is 18.1. The minimum atomic E-state index is -4.04. The Hall–Kier alpha value is -2.56. The summed E-state index contributed by atoms with van der Waals surface area (Å²) in [5.41, 5.74) is 0.770. The van der Waals surface area contributed by atoms with Crippen molar-refractivity contribution in [2.75, 3.05) is 37.2 Å². The Morgan fingerprint density at radius 1 is 1.09 bits per heavy atom. The molecule has 1 atom stereocenters. The predicted molar refractivity (Wildman–Crippen MR) is 132 cm³/mol. The summed E-state index contributed by atoms with van der Waals surface area (Å²) in [5, 5.41) is 2.83. The molecule has 2 aliphatic rings. The van der Waals surface area contributed by atoms with E-state index in [4.69, 9.17) is 4.74 Å². The number of benzene rings is 2. The molecule has 2 N–H and O–H groups in total. The van der Waals surface area contributed by atoms with Crippen molar-refractivity contribution in [2.45, 2.75) is 41.6 Å². The topological polar surface area (TPSA) is 105 Å². The SMILES string of the molecule is CSc1ccc(S(=O)(=O)Nc2ccccc2C(=O)NC[C@H]2CCCO2)cc1C(=O)N1CCCC1. The number of rotatable bonds is 8. The number of sulfonamides is 1. The number of carbonyl (C=O) groups excluding carboxylic acids is 2. The van der Waals surface area contributed by atoms with Gasteiger partial charge in [0.2, 0.25) is 0 Å². The molecular formula is C24H29N3O5S2. The molecule has 2 aromatic rings. The van der Waals surface area contributed by atoms with E-state index in [2.05, 4.69) is 10.0 Å². The van der Waals surface area contributed by atoms with Crippen molar-refractivity contribution >= 4 is 39.3 Å². The molecule has 0 radical (unpaired) electrons. The maximum Gasteiger partial charge on any atom is 0.261 e. The molecule has 2 aliphatic heterocycles. The molecule has 0 saturated carbocycles. The van der Waals surface area contributed by atoms with Crippen LogP contribution in [-0.2, 0) is 14.8 Å². The third kappa shape index (κ3) is 5.56. The number of para-hydroxylation sites is 1. The molecule has 8 nitrogen and oxygen atoms in total. The maximum atomic E-state index is 13.2. The zero-order valence-corrected chi connectivity index (χ0v) is 20.7. The van der Waals surface area contributed by atoms with Crippen molar-refractivity contribution in [3.63, 3.8) is 0 Å². The first-order valence-electron chi connectivity index (χ1n) is 11.4. The van der Waals surface area contributed by atoms with E-state index in [0.29, 0.717) is 31.8 Å². The van der Waals surface area contributed by atoms with Crippen molar-refractivity contribution in [3.8, 4) is 0 Å². The second-order valence-electron chi connectivity index (χ2n) is 8.36. The molecule has 2 fully saturated rings. The third-order valence-corrected chi connectivity index (χ3v) is 8.19. The molecule has 10 heteroatoms. The van der Waals surface area contributed by atoms with Crippen LogP contribution in [0.1, 0.15) is 46.4 Å². The largest absolute Gasteiger partial charge is 0.376 e. The Bertz CT molecular complexity index is 1160. The minimum Gasteiger partial charge on any atom is -0.376 e. The van der Waals surface area contributed by atoms with Gasteiger partial charge in [0, 0.05) is 31.1 Å². The fourth-order valence-corrected chi connectivity index (χ4v) is 5.87. The number of hydrogen-bond acceptors (Lipinski definition) is 6. The molecule has 0 aliphatic carbocycles. The molecule has 2 amide bonds. The minimum absolute atomic E-state index is 0.0191. The van der Waals surface area contributed by atoms with E-state index in [1.54, 1.807) is 35.2 Å². The molecule has 0 aromatic heterocycles. The second-order valence-corrected chi connectivity index (χ2v) is 10.9. The average Bonchev–Trinajstić information content (AvgIpc) is 3.56. The van der Waals surface area contributed by atoms with E-state index in [-0.39, 0.29) is 34.1 Å². The van der Waals surface area contributed by atoms with E-state index < -0.39 is 10.0 Å². The van der Waals surface area contributed by atoms with Gasteiger partial charge in [0.1, 0.15) is 0 Å². The molecule has 34 heavy (non-hydrogen) atoms. The fourth-order valence-electron chi connectivity index (χ4n) is 4.19. The van der Waals surface area contributed by atoms with Gasteiger partial charge in [0.25, 0.3) is 21.8 Å². The van der Waals surface area contributed by atoms with Gasteiger partial charge < -0.3 is 15.0 Å². The van der Waals surface area contributed by atoms with E-state index in [0.717, 1.165) is 30.6 Å². The molecule has 4 rings (SSSR count). The van der Waals surface area contributed by atoms with Crippen LogP contribution < -0.4 is 10.0 Å². The second kappa shape index (κ2) is 10.8. The Balaban J connectivity index is 1.55. The number of hydrogen-bond donors (Lipinski definition) is 2. The van der Waals surface area contributed by atoms with Crippen molar-refractivity contribution in [2.24, 2.45) is 0 Å². The number of amides is 2. The quantitative estimate of drug-likeness (QED) is 0.536. The van der Waals surface area contributed by atoms with Crippen LogP contribution in [0.4, 0.5) is 5.69 Å². The number of carbonyl (C=O) groups is 2. The van der Waals surface area contributed by atoms with Gasteiger partial charge in [-0.05, 0) is 62.3 Å². The summed E-state index contributed by atoms with van der Waals surface area (Å²) in [6.45, 7) is 2.42. The lowest BCUT2D eigenvalue weighted by atomic mass is 10.1.